The molecule has 1 heterocycles. The summed E-state index contributed by atoms with van der Waals surface area (Å²) in [5.41, 5.74) is 0.708. The van der Waals surface area contributed by atoms with Crippen molar-refractivity contribution in [2.24, 2.45) is 5.92 Å². The van der Waals surface area contributed by atoms with E-state index in [1.807, 2.05) is 0 Å². The number of hydrogen-bond donors (Lipinski definition) is 2. The summed E-state index contributed by atoms with van der Waals surface area (Å²) < 4.78 is 10.4. The standard InChI is InChI=1S/C15H22N2O3.ClH/c1-19-13-8-12(9-14(10-13)20-2)17-15(18)7-11-3-5-16-6-4-11;/h8-11,16H,3-7H2,1-2H3,(H,17,18);1H. The number of carbonyl (C=O) groups is 1. The van der Waals surface area contributed by atoms with Crippen molar-refractivity contribution in [1.29, 1.82) is 0 Å². The fourth-order valence-electron chi connectivity index (χ4n) is 2.44. The maximum absolute atomic E-state index is 12.1. The average Bonchev–Trinajstić information content (AvgIpc) is 2.47. The van der Waals surface area contributed by atoms with Gasteiger partial charge in [0.1, 0.15) is 11.5 Å². The number of amides is 1. The second kappa shape index (κ2) is 8.74. The van der Waals surface area contributed by atoms with Crippen LogP contribution in [0.15, 0.2) is 18.2 Å². The number of methoxy groups -OCH3 is 2. The van der Waals surface area contributed by atoms with Gasteiger partial charge in [-0.15, -0.1) is 12.4 Å². The molecule has 6 heteroatoms. The van der Waals surface area contributed by atoms with Crippen LogP contribution in [0.5, 0.6) is 11.5 Å². The van der Waals surface area contributed by atoms with Crippen LogP contribution in [-0.2, 0) is 4.79 Å². The number of piperidine rings is 1. The Kier molecular flexibility index (Phi) is 7.32. The number of halogens is 1. The van der Waals surface area contributed by atoms with Crippen LogP contribution in [0.3, 0.4) is 0 Å². The lowest BCUT2D eigenvalue weighted by Crippen LogP contribution is -2.30. The van der Waals surface area contributed by atoms with E-state index < -0.39 is 0 Å². The molecule has 0 spiro atoms. The number of benzene rings is 1. The van der Waals surface area contributed by atoms with Crippen molar-refractivity contribution in [3.05, 3.63) is 18.2 Å². The van der Waals surface area contributed by atoms with E-state index in [0.29, 0.717) is 29.5 Å². The molecule has 0 atom stereocenters. The Labute approximate surface area is 131 Å². The minimum absolute atomic E-state index is 0. The number of nitrogens with one attached hydrogen (secondary N) is 2. The third kappa shape index (κ3) is 5.44. The SMILES string of the molecule is COc1cc(NC(=O)CC2CCNCC2)cc(OC)c1.Cl. The van der Waals surface area contributed by atoms with Gasteiger partial charge in [0.2, 0.25) is 5.91 Å². The fourth-order valence-corrected chi connectivity index (χ4v) is 2.44. The Morgan fingerprint density at radius 2 is 1.76 bits per heavy atom. The molecule has 1 saturated heterocycles. The van der Waals surface area contributed by atoms with Gasteiger partial charge in [-0.2, -0.15) is 0 Å². The molecule has 118 valence electrons. The highest BCUT2D eigenvalue weighted by atomic mass is 35.5. The van der Waals surface area contributed by atoms with Gasteiger partial charge in [-0.3, -0.25) is 4.79 Å². The van der Waals surface area contributed by atoms with E-state index in [0.717, 1.165) is 25.9 Å². The number of ether oxygens (including phenoxy) is 2. The van der Waals surface area contributed by atoms with E-state index in [-0.39, 0.29) is 18.3 Å². The molecule has 0 saturated carbocycles. The molecular weight excluding hydrogens is 292 g/mol. The number of carbonyl (C=O) groups excluding carboxylic acids is 1. The van der Waals surface area contributed by atoms with Crippen LogP contribution >= 0.6 is 12.4 Å². The molecule has 21 heavy (non-hydrogen) atoms. The van der Waals surface area contributed by atoms with E-state index in [1.165, 1.54) is 0 Å². The second-order valence-corrected chi connectivity index (χ2v) is 5.05. The molecule has 0 radical (unpaired) electrons. The first-order chi connectivity index (χ1) is 9.71. The Bertz CT molecular complexity index is 440. The Morgan fingerprint density at radius 3 is 2.29 bits per heavy atom. The van der Waals surface area contributed by atoms with Gasteiger partial charge in [0.25, 0.3) is 0 Å². The van der Waals surface area contributed by atoms with E-state index in [1.54, 1.807) is 32.4 Å². The lowest BCUT2D eigenvalue weighted by Gasteiger charge is -2.22. The highest BCUT2D eigenvalue weighted by Gasteiger charge is 2.17. The Morgan fingerprint density at radius 1 is 1.19 bits per heavy atom. The molecule has 1 aliphatic heterocycles. The molecule has 2 rings (SSSR count). The van der Waals surface area contributed by atoms with Crippen LogP contribution in [-0.4, -0.2) is 33.2 Å². The monoisotopic (exact) mass is 314 g/mol. The maximum atomic E-state index is 12.1. The molecule has 1 fully saturated rings. The van der Waals surface area contributed by atoms with Crippen molar-refractivity contribution < 1.29 is 14.3 Å². The van der Waals surface area contributed by atoms with Gasteiger partial charge in [0.05, 0.1) is 14.2 Å². The minimum Gasteiger partial charge on any atom is -0.497 e. The second-order valence-electron chi connectivity index (χ2n) is 5.05. The van der Waals surface area contributed by atoms with Gasteiger partial charge in [0.15, 0.2) is 0 Å². The molecule has 5 nitrogen and oxygen atoms in total. The van der Waals surface area contributed by atoms with Gasteiger partial charge in [0, 0.05) is 30.3 Å². The zero-order valence-electron chi connectivity index (χ0n) is 12.5. The summed E-state index contributed by atoms with van der Waals surface area (Å²) in [5, 5.41) is 6.22. The number of anilines is 1. The van der Waals surface area contributed by atoms with E-state index in [2.05, 4.69) is 10.6 Å². The molecule has 2 N–H and O–H groups in total. The molecular formula is C15H23ClN2O3. The summed E-state index contributed by atoms with van der Waals surface area (Å²) in [6, 6.07) is 5.37. The van der Waals surface area contributed by atoms with Crippen molar-refractivity contribution in [2.45, 2.75) is 19.3 Å². The lowest BCUT2D eigenvalue weighted by molar-refractivity contribution is -0.117. The summed E-state index contributed by atoms with van der Waals surface area (Å²) in [6.07, 6.45) is 2.70. The third-order valence-electron chi connectivity index (χ3n) is 3.57. The summed E-state index contributed by atoms with van der Waals surface area (Å²) in [5.74, 6) is 1.86. The molecule has 0 aliphatic carbocycles. The largest absolute Gasteiger partial charge is 0.497 e. The van der Waals surface area contributed by atoms with Crippen molar-refractivity contribution in [3.63, 3.8) is 0 Å². The van der Waals surface area contributed by atoms with E-state index in [4.69, 9.17) is 9.47 Å². The third-order valence-corrected chi connectivity index (χ3v) is 3.57. The summed E-state index contributed by atoms with van der Waals surface area (Å²) in [7, 11) is 3.19. The summed E-state index contributed by atoms with van der Waals surface area (Å²) in [4.78, 5) is 12.1. The molecule has 1 amide bonds. The highest BCUT2D eigenvalue weighted by molar-refractivity contribution is 5.91. The van der Waals surface area contributed by atoms with Crippen LogP contribution in [0.4, 0.5) is 5.69 Å². The highest BCUT2D eigenvalue weighted by Crippen LogP contribution is 2.26. The van der Waals surface area contributed by atoms with Gasteiger partial charge < -0.3 is 20.1 Å². The summed E-state index contributed by atoms with van der Waals surface area (Å²) >= 11 is 0. The molecule has 1 aromatic rings. The van der Waals surface area contributed by atoms with Crippen LogP contribution < -0.4 is 20.1 Å². The molecule has 0 aromatic heterocycles. The first-order valence-corrected chi connectivity index (χ1v) is 6.95. The fraction of sp³-hybridized carbons (Fsp3) is 0.533. The first-order valence-electron chi connectivity index (χ1n) is 6.95. The normalized spacial score (nSPS) is 15.0. The van der Waals surface area contributed by atoms with E-state index >= 15 is 0 Å². The van der Waals surface area contributed by atoms with Gasteiger partial charge in [-0.1, -0.05) is 0 Å². The van der Waals surface area contributed by atoms with Crippen LogP contribution in [0.25, 0.3) is 0 Å². The quantitative estimate of drug-likeness (QED) is 0.876. The lowest BCUT2D eigenvalue weighted by atomic mass is 9.94. The molecule has 1 aromatic carbocycles. The smallest absolute Gasteiger partial charge is 0.224 e. The summed E-state index contributed by atoms with van der Waals surface area (Å²) in [6.45, 7) is 2.01. The first kappa shape index (κ1) is 17.6. The maximum Gasteiger partial charge on any atom is 0.224 e. The van der Waals surface area contributed by atoms with Crippen LogP contribution in [0.1, 0.15) is 19.3 Å². The Balaban J connectivity index is 0.00000220. The van der Waals surface area contributed by atoms with Gasteiger partial charge in [-0.25, -0.2) is 0 Å². The van der Waals surface area contributed by atoms with Crippen LogP contribution in [0, 0.1) is 5.92 Å². The Hall–Kier alpha value is -1.46. The van der Waals surface area contributed by atoms with E-state index in [9.17, 15) is 4.79 Å². The van der Waals surface area contributed by atoms with Crippen molar-refractivity contribution in [1.82, 2.24) is 5.32 Å². The van der Waals surface area contributed by atoms with Crippen molar-refractivity contribution in [2.75, 3.05) is 32.6 Å². The molecule has 0 unspecified atom stereocenters. The number of rotatable bonds is 5. The van der Waals surface area contributed by atoms with Crippen molar-refractivity contribution >= 4 is 24.0 Å². The molecule has 0 bridgehead atoms. The zero-order valence-corrected chi connectivity index (χ0v) is 13.3. The van der Waals surface area contributed by atoms with Gasteiger partial charge in [-0.05, 0) is 31.8 Å². The van der Waals surface area contributed by atoms with Gasteiger partial charge >= 0.3 is 0 Å². The predicted molar refractivity (Wildman–Crippen MR) is 85.6 cm³/mol. The minimum atomic E-state index is 0. The molecule has 1 aliphatic rings. The zero-order chi connectivity index (χ0) is 14.4. The predicted octanol–water partition coefficient (Wildman–Crippen LogP) is 2.45. The van der Waals surface area contributed by atoms with Crippen LogP contribution in [0.2, 0.25) is 0 Å². The number of hydrogen-bond acceptors (Lipinski definition) is 4. The van der Waals surface area contributed by atoms with Crippen molar-refractivity contribution in [3.8, 4) is 11.5 Å². The topological polar surface area (TPSA) is 59.6 Å². The average molecular weight is 315 g/mol.